The van der Waals surface area contributed by atoms with E-state index in [4.69, 9.17) is 5.11 Å². The number of aliphatic carboxylic acids is 4. The highest BCUT2D eigenvalue weighted by molar-refractivity contribution is 9.14. The maximum atomic E-state index is 12.5. The third-order valence-corrected chi connectivity index (χ3v) is 23.6. The zero-order chi connectivity index (χ0) is 42.6. The second-order valence-corrected chi connectivity index (χ2v) is 24.2. The number of nitrogens with one attached hydrogen (secondary N) is 3. The zero-order valence-electron chi connectivity index (χ0n) is 33.3. The van der Waals surface area contributed by atoms with Crippen molar-refractivity contribution in [3.8, 4) is 0 Å². The van der Waals surface area contributed by atoms with Crippen molar-refractivity contribution < 1.29 is 54.0 Å². The monoisotopic (exact) mass is 929 g/mol. The maximum Gasteiger partial charge on any atom is 0.326 e. The van der Waals surface area contributed by atoms with Crippen LogP contribution in [-0.4, -0.2) is 88.0 Å². The third-order valence-electron chi connectivity index (χ3n) is 9.75. The summed E-state index contributed by atoms with van der Waals surface area (Å²) >= 11 is 0. The van der Waals surface area contributed by atoms with E-state index >= 15 is 0 Å². The van der Waals surface area contributed by atoms with E-state index in [2.05, 4.69) is 16.0 Å². The first kappa shape index (κ1) is 52.5. The number of hydrogen-bond acceptors (Lipinski definition) is 13. The molecule has 58 heavy (non-hydrogen) atoms. The third kappa shape index (κ3) is 25.2. The van der Waals surface area contributed by atoms with Crippen LogP contribution < -0.4 is 16.0 Å². The molecule has 7 N–H and O–H groups in total. The smallest absolute Gasteiger partial charge is 0.326 e. The number of carbonyl (C=O) groups excluding carboxylic acids is 3. The van der Waals surface area contributed by atoms with Crippen molar-refractivity contribution in [1.29, 1.82) is 0 Å². The van der Waals surface area contributed by atoms with Crippen molar-refractivity contribution in [2.75, 3.05) is 6.54 Å². The van der Waals surface area contributed by atoms with Gasteiger partial charge in [0, 0.05) is 32.2 Å². The minimum Gasteiger partial charge on any atom is -0.481 e. The van der Waals surface area contributed by atoms with Gasteiger partial charge in [0.15, 0.2) is 2.74 Å². The Morgan fingerprint density at radius 1 is 0.448 bits per heavy atom. The standard InChI is InChI=1S/C38H63N3O11S6/c42-30(39-26-18-17-19-27(34(47)48)37-53-55-38(56-54-37)57-58-38)24-22-28(35(49)50)41-32(44)25-23-29(36(51)52)40-31(43)20-15-13-11-9-7-5-3-1-2-4-6-8-10-12-14-16-21-33(45)46/h27-29,37H,1-26H2,(H,39,42)(H,40,43)(H,41,44)(H,45,46)(H,47,48)(H,49,50)(H,51,52)/t27-,28-,29-/m0/s1. The molecule has 0 aromatic rings. The molecule has 0 radical (unpaired) electrons. The van der Waals surface area contributed by atoms with E-state index in [0.717, 1.165) is 44.9 Å². The van der Waals surface area contributed by atoms with Gasteiger partial charge < -0.3 is 36.4 Å². The van der Waals surface area contributed by atoms with E-state index in [1.54, 1.807) is 64.8 Å². The van der Waals surface area contributed by atoms with Crippen LogP contribution in [0.1, 0.15) is 161 Å². The summed E-state index contributed by atoms with van der Waals surface area (Å²) in [4.78, 5) is 83.2. The Bertz CT molecular complexity index is 1290. The van der Waals surface area contributed by atoms with E-state index in [9.17, 15) is 48.9 Å². The van der Waals surface area contributed by atoms with Gasteiger partial charge in [0.25, 0.3) is 0 Å². The predicted molar refractivity (Wildman–Crippen MR) is 238 cm³/mol. The Kier molecular flexibility index (Phi) is 28.3. The van der Waals surface area contributed by atoms with E-state index in [1.807, 2.05) is 0 Å². The van der Waals surface area contributed by atoms with Crippen LogP contribution in [-0.2, 0) is 33.6 Å². The van der Waals surface area contributed by atoms with Gasteiger partial charge >= 0.3 is 23.9 Å². The van der Waals surface area contributed by atoms with E-state index in [1.165, 1.54) is 51.4 Å². The molecule has 0 bridgehead atoms. The van der Waals surface area contributed by atoms with Crippen molar-refractivity contribution >= 4 is 106 Å². The normalized spacial score (nSPS) is 16.2. The average molecular weight is 930 g/mol. The number of rotatable bonds is 36. The molecule has 2 fully saturated rings. The Morgan fingerprint density at radius 2 is 0.862 bits per heavy atom. The van der Waals surface area contributed by atoms with Crippen molar-refractivity contribution in [2.45, 2.75) is 180 Å². The quantitative estimate of drug-likeness (QED) is 0.0176. The average Bonchev–Trinajstić information content (AvgIpc) is 3.94. The molecule has 2 aliphatic heterocycles. The van der Waals surface area contributed by atoms with Crippen LogP contribution in [0, 0.1) is 5.92 Å². The fraction of sp³-hybridized carbons (Fsp3) is 0.816. The van der Waals surface area contributed by atoms with Crippen LogP contribution in [0.2, 0.25) is 0 Å². The number of carbonyl (C=O) groups is 7. The number of hydrogen-bond donors (Lipinski definition) is 7. The summed E-state index contributed by atoms with van der Waals surface area (Å²) in [5.74, 6) is -6.16. The van der Waals surface area contributed by atoms with E-state index in [-0.39, 0.29) is 45.9 Å². The number of amides is 3. The topological polar surface area (TPSA) is 236 Å². The van der Waals surface area contributed by atoms with Crippen LogP contribution in [0.3, 0.4) is 0 Å². The van der Waals surface area contributed by atoms with E-state index in [0.29, 0.717) is 32.2 Å². The number of unbranched alkanes of at least 4 members (excludes halogenated alkanes) is 16. The summed E-state index contributed by atoms with van der Waals surface area (Å²) in [5.41, 5.74) is 0. The molecule has 2 saturated heterocycles. The molecule has 2 rings (SSSR count). The van der Waals surface area contributed by atoms with Crippen molar-refractivity contribution in [1.82, 2.24) is 16.0 Å². The molecule has 0 aromatic carbocycles. The Morgan fingerprint density at radius 3 is 1.28 bits per heavy atom. The molecule has 3 atom stereocenters. The summed E-state index contributed by atoms with van der Waals surface area (Å²) in [6.07, 6.45) is 18.7. The minimum absolute atomic E-state index is 0.0581. The highest BCUT2D eigenvalue weighted by Crippen LogP contribution is 2.84. The molecular weight excluding hydrogens is 867 g/mol. The first-order valence-electron chi connectivity index (χ1n) is 20.6. The SMILES string of the molecule is O=C(O)CCCCCCCCCCCCCCCCCCC(=O)N[C@@H](CCC(=O)N[C@@H](CCC(=O)NCCCC[C@@H](C(=O)O)C1SSC2(SS1)SS2)C(=O)O)C(=O)O. The van der Waals surface area contributed by atoms with Gasteiger partial charge in [-0.05, 0) is 60.1 Å². The molecule has 3 amide bonds. The summed E-state index contributed by atoms with van der Waals surface area (Å²) < 4.78 is 0.0416. The molecule has 0 saturated carbocycles. The lowest BCUT2D eigenvalue weighted by Gasteiger charge is -2.27. The van der Waals surface area contributed by atoms with Crippen LogP contribution in [0.5, 0.6) is 0 Å². The molecule has 2 heterocycles. The second kappa shape index (κ2) is 31.3. The molecular formula is C38H63N3O11S6. The zero-order valence-corrected chi connectivity index (χ0v) is 38.2. The number of carboxylic acids is 4. The van der Waals surface area contributed by atoms with Gasteiger partial charge in [-0.1, -0.05) is 139 Å². The Hall–Kier alpha value is -1.61. The van der Waals surface area contributed by atoms with Crippen molar-refractivity contribution in [3.05, 3.63) is 0 Å². The second-order valence-electron chi connectivity index (χ2n) is 14.7. The van der Waals surface area contributed by atoms with Gasteiger partial charge in [0.05, 0.1) is 10.5 Å². The van der Waals surface area contributed by atoms with Crippen LogP contribution in [0.4, 0.5) is 0 Å². The first-order valence-corrected chi connectivity index (χ1v) is 27.2. The van der Waals surface area contributed by atoms with Crippen molar-refractivity contribution in [3.63, 3.8) is 0 Å². The lowest BCUT2D eigenvalue weighted by molar-refractivity contribution is -0.143. The fourth-order valence-electron chi connectivity index (χ4n) is 6.28. The van der Waals surface area contributed by atoms with Gasteiger partial charge in [-0.15, -0.1) is 0 Å². The predicted octanol–water partition coefficient (Wildman–Crippen LogP) is 8.89. The summed E-state index contributed by atoms with van der Waals surface area (Å²) in [6, 6.07) is -2.64. The molecule has 2 aliphatic rings. The van der Waals surface area contributed by atoms with Crippen molar-refractivity contribution in [2.24, 2.45) is 5.92 Å². The molecule has 14 nitrogen and oxygen atoms in total. The largest absolute Gasteiger partial charge is 0.481 e. The molecule has 332 valence electrons. The van der Waals surface area contributed by atoms with Gasteiger partial charge in [-0.2, -0.15) is 0 Å². The highest BCUT2D eigenvalue weighted by atomic mass is 33.2. The first-order chi connectivity index (χ1) is 27.8. The van der Waals surface area contributed by atoms with Gasteiger partial charge in [-0.25, -0.2) is 9.59 Å². The van der Waals surface area contributed by atoms with Gasteiger partial charge in [0.1, 0.15) is 12.1 Å². The highest BCUT2D eigenvalue weighted by Gasteiger charge is 2.53. The summed E-state index contributed by atoms with van der Waals surface area (Å²) in [7, 11) is 10.2. The molecule has 0 aliphatic carbocycles. The van der Waals surface area contributed by atoms with Gasteiger partial charge in [-0.3, -0.25) is 24.0 Å². The fourth-order valence-corrected chi connectivity index (χ4v) is 20.1. The molecule has 0 aromatic heterocycles. The summed E-state index contributed by atoms with van der Waals surface area (Å²) in [6.45, 7) is 0.312. The lowest BCUT2D eigenvalue weighted by atomic mass is 10.0. The number of carboxylic acid groups (broad SMARTS) is 4. The lowest BCUT2D eigenvalue weighted by Crippen LogP contribution is -2.44. The Balaban J connectivity index is 1.48. The van der Waals surface area contributed by atoms with Crippen LogP contribution in [0.15, 0.2) is 0 Å². The van der Waals surface area contributed by atoms with E-state index < -0.39 is 59.6 Å². The Labute approximate surface area is 366 Å². The van der Waals surface area contributed by atoms with Crippen LogP contribution in [0.25, 0.3) is 0 Å². The molecule has 0 unspecified atom stereocenters. The molecule has 1 spiro atoms. The van der Waals surface area contributed by atoms with Gasteiger partial charge in [0.2, 0.25) is 17.7 Å². The molecule has 20 heteroatoms. The minimum atomic E-state index is -1.35. The van der Waals surface area contributed by atoms with Crippen LogP contribution >= 0.6 is 64.8 Å². The maximum absolute atomic E-state index is 12.5. The summed E-state index contributed by atoms with van der Waals surface area (Å²) in [5, 5.41) is 45.1.